The molecule has 0 fully saturated rings. The summed E-state index contributed by atoms with van der Waals surface area (Å²) in [5.74, 6) is 0.614. The van der Waals surface area contributed by atoms with Crippen LogP contribution in [0.5, 0.6) is 10.9 Å². The number of hydrogen-bond donors (Lipinski definition) is 1. The number of nitrogen functional groups attached to an aromatic ring is 1. The molecule has 5 heteroatoms. The van der Waals surface area contributed by atoms with Gasteiger partial charge in [-0.3, -0.25) is 0 Å². The van der Waals surface area contributed by atoms with Gasteiger partial charge in [0.15, 0.2) is 5.75 Å². The van der Waals surface area contributed by atoms with Gasteiger partial charge in [0.05, 0.1) is 5.69 Å². The van der Waals surface area contributed by atoms with Crippen LogP contribution in [0.15, 0.2) is 24.3 Å². The fourth-order valence-corrected chi connectivity index (χ4v) is 1.53. The Bertz CT molecular complexity index is 441. The predicted octanol–water partition coefficient (Wildman–Crippen LogP) is 2.22. The monoisotopic (exact) mass is 207 g/mol. The molecule has 1 aromatic carbocycles. The highest BCUT2D eigenvalue weighted by molar-refractivity contribution is 7.13. The number of aromatic nitrogens is 2. The Hall–Kier alpha value is -1.62. The zero-order valence-corrected chi connectivity index (χ0v) is 8.41. The zero-order valence-electron chi connectivity index (χ0n) is 7.60. The maximum absolute atomic E-state index is 5.71. The summed E-state index contributed by atoms with van der Waals surface area (Å²) in [6, 6.07) is 7.29. The third-order valence-corrected chi connectivity index (χ3v) is 2.34. The molecule has 0 aliphatic carbocycles. The van der Waals surface area contributed by atoms with Crippen molar-refractivity contribution in [3.8, 4) is 10.9 Å². The Labute approximate surface area is 85.4 Å². The molecule has 72 valence electrons. The van der Waals surface area contributed by atoms with Crippen LogP contribution in [0.4, 0.5) is 5.69 Å². The average Bonchev–Trinajstić information content (AvgIpc) is 2.56. The van der Waals surface area contributed by atoms with E-state index >= 15 is 0 Å². The molecule has 14 heavy (non-hydrogen) atoms. The molecular weight excluding hydrogens is 198 g/mol. The van der Waals surface area contributed by atoms with Crippen LogP contribution in [-0.2, 0) is 0 Å². The van der Waals surface area contributed by atoms with Gasteiger partial charge in [-0.2, -0.15) is 0 Å². The number of hydrogen-bond acceptors (Lipinski definition) is 5. The maximum atomic E-state index is 5.71. The molecule has 1 aromatic heterocycles. The van der Waals surface area contributed by atoms with Gasteiger partial charge in [0, 0.05) is 0 Å². The van der Waals surface area contributed by atoms with Gasteiger partial charge >= 0.3 is 0 Å². The third kappa shape index (κ3) is 1.82. The molecule has 2 rings (SSSR count). The molecule has 0 bridgehead atoms. The van der Waals surface area contributed by atoms with Crippen molar-refractivity contribution in [3.05, 3.63) is 29.3 Å². The number of aryl methyl sites for hydroxylation is 1. The fraction of sp³-hybridized carbons (Fsp3) is 0.111. The molecule has 0 saturated heterocycles. The van der Waals surface area contributed by atoms with E-state index in [2.05, 4.69) is 10.2 Å². The van der Waals surface area contributed by atoms with Gasteiger partial charge in [-0.1, -0.05) is 28.6 Å². The van der Waals surface area contributed by atoms with Crippen molar-refractivity contribution in [3.63, 3.8) is 0 Å². The molecule has 2 aromatic rings. The van der Waals surface area contributed by atoms with Crippen molar-refractivity contribution in [2.75, 3.05) is 5.73 Å². The molecule has 0 radical (unpaired) electrons. The second-order valence-electron chi connectivity index (χ2n) is 2.73. The van der Waals surface area contributed by atoms with E-state index in [0.29, 0.717) is 16.6 Å². The Morgan fingerprint density at radius 3 is 2.71 bits per heavy atom. The highest BCUT2D eigenvalue weighted by Gasteiger charge is 2.04. The number of ether oxygens (including phenoxy) is 1. The van der Waals surface area contributed by atoms with E-state index in [4.69, 9.17) is 10.5 Å². The van der Waals surface area contributed by atoms with E-state index in [1.54, 1.807) is 12.1 Å². The van der Waals surface area contributed by atoms with Gasteiger partial charge in [-0.15, -0.1) is 5.10 Å². The van der Waals surface area contributed by atoms with Crippen LogP contribution >= 0.6 is 11.3 Å². The minimum Gasteiger partial charge on any atom is -0.428 e. The first-order chi connectivity index (χ1) is 6.75. The molecule has 0 aliphatic rings. The van der Waals surface area contributed by atoms with Crippen LogP contribution in [0.1, 0.15) is 5.01 Å². The van der Waals surface area contributed by atoms with E-state index in [1.807, 2.05) is 19.1 Å². The molecule has 0 saturated carbocycles. The summed E-state index contributed by atoms with van der Waals surface area (Å²) in [6.45, 7) is 1.87. The lowest BCUT2D eigenvalue weighted by atomic mass is 10.3. The van der Waals surface area contributed by atoms with Crippen LogP contribution < -0.4 is 10.5 Å². The molecule has 0 unspecified atom stereocenters. The van der Waals surface area contributed by atoms with Gasteiger partial charge in [0.25, 0.3) is 5.19 Å². The molecule has 0 spiro atoms. The van der Waals surface area contributed by atoms with Gasteiger partial charge < -0.3 is 10.5 Å². The van der Waals surface area contributed by atoms with Crippen molar-refractivity contribution in [1.82, 2.24) is 10.2 Å². The summed E-state index contributed by atoms with van der Waals surface area (Å²) in [4.78, 5) is 0. The minimum absolute atomic E-state index is 0.514. The maximum Gasteiger partial charge on any atom is 0.299 e. The van der Waals surface area contributed by atoms with E-state index in [-0.39, 0.29) is 0 Å². The number of nitrogens with two attached hydrogens (primary N) is 1. The Morgan fingerprint density at radius 2 is 2.07 bits per heavy atom. The number of rotatable bonds is 2. The molecule has 0 amide bonds. The van der Waals surface area contributed by atoms with Crippen molar-refractivity contribution >= 4 is 17.0 Å². The topological polar surface area (TPSA) is 61.0 Å². The summed E-state index contributed by atoms with van der Waals surface area (Å²) < 4.78 is 5.45. The number of nitrogens with zero attached hydrogens (tertiary/aromatic N) is 2. The summed E-state index contributed by atoms with van der Waals surface area (Å²) in [6.07, 6.45) is 0. The Kier molecular flexibility index (Phi) is 2.32. The van der Waals surface area contributed by atoms with E-state index in [9.17, 15) is 0 Å². The van der Waals surface area contributed by atoms with Gasteiger partial charge in [-0.05, 0) is 19.1 Å². The molecule has 0 aliphatic heterocycles. The molecule has 1 heterocycles. The SMILES string of the molecule is Cc1nnc(Oc2ccccc2N)s1. The molecule has 2 N–H and O–H groups in total. The standard InChI is InChI=1S/C9H9N3OS/c1-6-11-12-9(14-6)13-8-5-3-2-4-7(8)10/h2-5H,10H2,1H3. The van der Waals surface area contributed by atoms with Crippen LogP contribution in [0.25, 0.3) is 0 Å². The summed E-state index contributed by atoms with van der Waals surface area (Å²) >= 11 is 1.39. The quantitative estimate of drug-likeness (QED) is 0.767. The highest BCUT2D eigenvalue weighted by atomic mass is 32.1. The number of benzene rings is 1. The van der Waals surface area contributed by atoms with Crippen LogP contribution in [0, 0.1) is 6.92 Å². The predicted molar refractivity (Wildman–Crippen MR) is 55.6 cm³/mol. The van der Waals surface area contributed by atoms with Crippen molar-refractivity contribution in [1.29, 1.82) is 0 Å². The van der Waals surface area contributed by atoms with Crippen molar-refractivity contribution < 1.29 is 4.74 Å². The largest absolute Gasteiger partial charge is 0.428 e. The summed E-state index contributed by atoms with van der Waals surface area (Å²) in [7, 11) is 0. The second kappa shape index (κ2) is 3.63. The van der Waals surface area contributed by atoms with Crippen LogP contribution in [-0.4, -0.2) is 10.2 Å². The first kappa shape index (κ1) is 8.96. The molecular formula is C9H9N3OS. The van der Waals surface area contributed by atoms with E-state index in [1.165, 1.54) is 11.3 Å². The summed E-state index contributed by atoms with van der Waals surface area (Å²) in [5, 5.41) is 9.07. The Balaban J connectivity index is 2.23. The highest BCUT2D eigenvalue weighted by Crippen LogP contribution is 2.28. The van der Waals surface area contributed by atoms with Crippen LogP contribution in [0.3, 0.4) is 0 Å². The third-order valence-electron chi connectivity index (χ3n) is 1.62. The van der Waals surface area contributed by atoms with Crippen molar-refractivity contribution in [2.45, 2.75) is 6.92 Å². The first-order valence-corrected chi connectivity index (χ1v) is 4.90. The van der Waals surface area contributed by atoms with Gasteiger partial charge in [0.1, 0.15) is 5.01 Å². The average molecular weight is 207 g/mol. The minimum atomic E-state index is 0.514. The normalized spacial score (nSPS) is 10.1. The zero-order chi connectivity index (χ0) is 9.97. The van der Waals surface area contributed by atoms with Crippen molar-refractivity contribution in [2.24, 2.45) is 0 Å². The summed E-state index contributed by atoms with van der Waals surface area (Å²) in [5.41, 5.74) is 6.30. The van der Waals surface area contributed by atoms with E-state index < -0.39 is 0 Å². The lowest BCUT2D eigenvalue weighted by molar-refractivity contribution is 0.475. The van der Waals surface area contributed by atoms with Gasteiger partial charge in [-0.25, -0.2) is 0 Å². The fourth-order valence-electron chi connectivity index (χ4n) is 0.987. The van der Waals surface area contributed by atoms with Crippen LogP contribution in [0.2, 0.25) is 0 Å². The smallest absolute Gasteiger partial charge is 0.299 e. The van der Waals surface area contributed by atoms with E-state index in [0.717, 1.165) is 5.01 Å². The number of anilines is 1. The first-order valence-electron chi connectivity index (χ1n) is 4.08. The van der Waals surface area contributed by atoms with Gasteiger partial charge in [0.2, 0.25) is 0 Å². The Morgan fingerprint density at radius 1 is 1.29 bits per heavy atom. The molecule has 0 atom stereocenters. The second-order valence-corrected chi connectivity index (χ2v) is 3.87. The number of para-hydroxylation sites is 2. The lowest BCUT2D eigenvalue weighted by Gasteiger charge is -2.02. The molecule has 4 nitrogen and oxygen atoms in total. The lowest BCUT2D eigenvalue weighted by Crippen LogP contribution is -1.90.